The van der Waals surface area contributed by atoms with Crippen molar-refractivity contribution < 1.29 is 14.3 Å². The predicted octanol–water partition coefficient (Wildman–Crippen LogP) is 5.17. The second-order valence-corrected chi connectivity index (χ2v) is 9.96. The molecule has 0 aliphatic carbocycles. The lowest BCUT2D eigenvalue weighted by molar-refractivity contribution is -0.137. The standard InChI is InChI=1S/C28H35N3O3/c1-19(2)17-31-27(32)25(21-7-13-24(14-8-21)34-18-20(3)4)26(28(31)33)29-22-9-11-23(12-10-22)30-15-5-6-16-30/h7-14,19-20,29H,5-6,15-18H2,1-4H3. The molecule has 0 spiro atoms. The van der Waals surface area contributed by atoms with Crippen molar-refractivity contribution in [2.24, 2.45) is 11.8 Å². The number of hydrogen-bond acceptors (Lipinski definition) is 5. The van der Waals surface area contributed by atoms with Crippen LogP contribution in [0.2, 0.25) is 0 Å². The van der Waals surface area contributed by atoms with Crippen molar-refractivity contribution in [1.82, 2.24) is 4.90 Å². The number of rotatable bonds is 9. The largest absolute Gasteiger partial charge is 0.493 e. The van der Waals surface area contributed by atoms with E-state index in [9.17, 15) is 9.59 Å². The highest BCUT2D eigenvalue weighted by molar-refractivity contribution is 6.36. The van der Waals surface area contributed by atoms with Gasteiger partial charge in [0.05, 0.1) is 12.2 Å². The molecule has 0 bridgehead atoms. The molecule has 6 nitrogen and oxygen atoms in total. The Morgan fingerprint density at radius 2 is 1.50 bits per heavy atom. The van der Waals surface area contributed by atoms with Gasteiger partial charge in [-0.05, 0) is 66.6 Å². The van der Waals surface area contributed by atoms with E-state index >= 15 is 0 Å². The predicted molar refractivity (Wildman–Crippen MR) is 137 cm³/mol. The van der Waals surface area contributed by atoms with Crippen LogP contribution >= 0.6 is 0 Å². The van der Waals surface area contributed by atoms with Gasteiger partial charge < -0.3 is 15.0 Å². The fourth-order valence-corrected chi connectivity index (χ4v) is 4.35. The lowest BCUT2D eigenvalue weighted by atomic mass is 10.0. The van der Waals surface area contributed by atoms with Gasteiger partial charge in [0.25, 0.3) is 11.8 Å². The molecule has 2 heterocycles. The zero-order chi connectivity index (χ0) is 24.2. The maximum Gasteiger partial charge on any atom is 0.278 e. The Balaban J connectivity index is 1.62. The first-order chi connectivity index (χ1) is 16.3. The molecule has 1 fully saturated rings. The Morgan fingerprint density at radius 1 is 0.853 bits per heavy atom. The Bertz CT molecular complexity index is 1050. The SMILES string of the molecule is CC(C)COc1ccc(C2=C(Nc3ccc(N4CCCC4)cc3)C(=O)N(CC(C)C)C2=O)cc1. The minimum atomic E-state index is -0.280. The van der Waals surface area contributed by atoms with E-state index in [1.165, 1.54) is 23.4 Å². The van der Waals surface area contributed by atoms with E-state index in [-0.39, 0.29) is 17.7 Å². The monoisotopic (exact) mass is 461 g/mol. The fraction of sp³-hybridized carbons (Fsp3) is 0.429. The van der Waals surface area contributed by atoms with Gasteiger partial charge in [0.2, 0.25) is 0 Å². The molecular weight excluding hydrogens is 426 g/mol. The van der Waals surface area contributed by atoms with Gasteiger partial charge >= 0.3 is 0 Å². The van der Waals surface area contributed by atoms with Crippen LogP contribution in [0.1, 0.15) is 46.1 Å². The van der Waals surface area contributed by atoms with Crippen molar-refractivity contribution in [1.29, 1.82) is 0 Å². The Kier molecular flexibility index (Phi) is 7.25. The van der Waals surface area contributed by atoms with Gasteiger partial charge in [-0.1, -0.05) is 39.8 Å². The first kappa shape index (κ1) is 23.9. The molecular formula is C28H35N3O3. The topological polar surface area (TPSA) is 61.9 Å². The number of nitrogens with zero attached hydrogens (tertiary/aromatic N) is 2. The third kappa shape index (κ3) is 5.27. The van der Waals surface area contributed by atoms with Crippen LogP contribution in [0.15, 0.2) is 54.2 Å². The molecule has 0 saturated carbocycles. The Labute approximate surface area is 202 Å². The molecule has 4 rings (SSSR count). The summed E-state index contributed by atoms with van der Waals surface area (Å²) in [5, 5.41) is 3.26. The summed E-state index contributed by atoms with van der Waals surface area (Å²) in [4.78, 5) is 30.4. The van der Waals surface area contributed by atoms with E-state index in [0.29, 0.717) is 35.9 Å². The molecule has 2 amide bonds. The summed E-state index contributed by atoms with van der Waals surface area (Å²) >= 11 is 0. The van der Waals surface area contributed by atoms with Crippen LogP contribution in [0, 0.1) is 11.8 Å². The zero-order valence-electron chi connectivity index (χ0n) is 20.6. The normalized spacial score (nSPS) is 16.4. The maximum absolute atomic E-state index is 13.3. The molecule has 0 aromatic heterocycles. The lowest BCUT2D eigenvalue weighted by Gasteiger charge is -2.18. The van der Waals surface area contributed by atoms with Crippen LogP contribution in [-0.4, -0.2) is 43.0 Å². The Hall–Kier alpha value is -3.28. The summed E-state index contributed by atoms with van der Waals surface area (Å²) in [5.74, 6) is 0.817. The molecule has 1 saturated heterocycles. The van der Waals surface area contributed by atoms with Crippen LogP contribution in [0.25, 0.3) is 5.57 Å². The summed E-state index contributed by atoms with van der Waals surface area (Å²) in [6.07, 6.45) is 2.44. The molecule has 0 unspecified atom stereocenters. The summed E-state index contributed by atoms with van der Waals surface area (Å²) < 4.78 is 5.78. The van der Waals surface area contributed by atoms with Crippen LogP contribution in [0.3, 0.4) is 0 Å². The molecule has 6 heteroatoms. The van der Waals surface area contributed by atoms with Crippen molar-refractivity contribution in [3.05, 3.63) is 59.8 Å². The number of imide groups is 1. The van der Waals surface area contributed by atoms with E-state index in [1.54, 1.807) is 0 Å². The fourth-order valence-electron chi connectivity index (χ4n) is 4.35. The molecule has 0 atom stereocenters. The first-order valence-corrected chi connectivity index (χ1v) is 12.3. The zero-order valence-corrected chi connectivity index (χ0v) is 20.6. The quantitative estimate of drug-likeness (QED) is 0.522. The number of benzene rings is 2. The minimum Gasteiger partial charge on any atom is -0.493 e. The highest BCUT2D eigenvalue weighted by atomic mass is 16.5. The van der Waals surface area contributed by atoms with Crippen molar-refractivity contribution >= 4 is 28.8 Å². The van der Waals surface area contributed by atoms with Crippen molar-refractivity contribution in [3.63, 3.8) is 0 Å². The summed E-state index contributed by atoms with van der Waals surface area (Å²) in [6.45, 7) is 11.4. The molecule has 34 heavy (non-hydrogen) atoms. The summed E-state index contributed by atoms with van der Waals surface area (Å²) in [7, 11) is 0. The molecule has 180 valence electrons. The molecule has 1 N–H and O–H groups in total. The van der Waals surface area contributed by atoms with Gasteiger partial charge in [-0.25, -0.2) is 0 Å². The number of anilines is 2. The number of carbonyl (C=O) groups excluding carboxylic acids is 2. The summed E-state index contributed by atoms with van der Waals surface area (Å²) in [5.41, 5.74) is 3.42. The van der Waals surface area contributed by atoms with Gasteiger partial charge in [-0.15, -0.1) is 0 Å². The summed E-state index contributed by atoms with van der Waals surface area (Å²) in [6, 6.07) is 15.5. The van der Waals surface area contributed by atoms with Crippen LogP contribution in [-0.2, 0) is 9.59 Å². The van der Waals surface area contributed by atoms with Gasteiger partial charge in [0, 0.05) is 31.0 Å². The third-order valence-corrected chi connectivity index (χ3v) is 6.05. The first-order valence-electron chi connectivity index (χ1n) is 12.3. The Morgan fingerprint density at radius 3 is 2.09 bits per heavy atom. The van der Waals surface area contributed by atoms with Gasteiger partial charge in [0.1, 0.15) is 11.4 Å². The molecule has 2 aliphatic heterocycles. The van der Waals surface area contributed by atoms with Gasteiger partial charge in [-0.3, -0.25) is 14.5 Å². The van der Waals surface area contributed by atoms with E-state index in [4.69, 9.17) is 4.74 Å². The average molecular weight is 462 g/mol. The van der Waals surface area contributed by atoms with Crippen LogP contribution in [0.4, 0.5) is 11.4 Å². The van der Waals surface area contributed by atoms with Gasteiger partial charge in [-0.2, -0.15) is 0 Å². The van der Waals surface area contributed by atoms with Crippen molar-refractivity contribution in [3.8, 4) is 5.75 Å². The van der Waals surface area contributed by atoms with E-state index in [1.807, 2.05) is 50.2 Å². The average Bonchev–Trinajstić information content (AvgIpc) is 3.42. The second kappa shape index (κ2) is 10.3. The molecule has 2 aromatic rings. The molecule has 2 aliphatic rings. The number of carbonyl (C=O) groups is 2. The second-order valence-electron chi connectivity index (χ2n) is 9.96. The van der Waals surface area contributed by atoms with E-state index < -0.39 is 0 Å². The number of nitrogens with one attached hydrogen (secondary N) is 1. The highest BCUT2D eigenvalue weighted by Gasteiger charge is 2.39. The number of amides is 2. The van der Waals surface area contributed by atoms with Crippen molar-refractivity contribution in [2.45, 2.75) is 40.5 Å². The van der Waals surface area contributed by atoms with Crippen molar-refractivity contribution in [2.75, 3.05) is 36.5 Å². The van der Waals surface area contributed by atoms with Crippen LogP contribution in [0.5, 0.6) is 5.75 Å². The third-order valence-electron chi connectivity index (χ3n) is 6.05. The van der Waals surface area contributed by atoms with E-state index in [0.717, 1.165) is 24.5 Å². The molecule has 2 aromatic carbocycles. The highest BCUT2D eigenvalue weighted by Crippen LogP contribution is 2.32. The smallest absolute Gasteiger partial charge is 0.278 e. The maximum atomic E-state index is 13.3. The van der Waals surface area contributed by atoms with Crippen LogP contribution < -0.4 is 15.0 Å². The minimum absolute atomic E-state index is 0.181. The number of hydrogen-bond donors (Lipinski definition) is 1. The van der Waals surface area contributed by atoms with Gasteiger partial charge in [0.15, 0.2) is 0 Å². The molecule has 0 radical (unpaired) electrons. The van der Waals surface area contributed by atoms with E-state index in [2.05, 4.69) is 36.2 Å². The lowest BCUT2D eigenvalue weighted by Crippen LogP contribution is -2.35. The number of ether oxygens (including phenoxy) is 1.